The minimum atomic E-state index is 0.362. The molecule has 1 nitrogen and oxygen atoms in total. The van der Waals surface area contributed by atoms with Gasteiger partial charge in [0.25, 0.3) is 0 Å². The normalized spacial score (nSPS) is 19.5. The summed E-state index contributed by atoms with van der Waals surface area (Å²) in [5.74, 6) is 0.362. The number of nitrogens with one attached hydrogen (secondary N) is 1. The SMILES string of the molecule is C=c1/c(=C(\CC)C2=C(/C(C)=C/C)C=CC=CC2C)[nH]c2ccccc12. The van der Waals surface area contributed by atoms with E-state index >= 15 is 0 Å². The van der Waals surface area contributed by atoms with Gasteiger partial charge in [0.15, 0.2) is 0 Å². The minimum absolute atomic E-state index is 0.362. The zero-order chi connectivity index (χ0) is 18.0. The highest BCUT2D eigenvalue weighted by atomic mass is 14.7. The number of aromatic amines is 1. The summed E-state index contributed by atoms with van der Waals surface area (Å²) in [6.07, 6.45) is 12.0. The van der Waals surface area contributed by atoms with E-state index in [-0.39, 0.29) is 0 Å². The molecule has 0 spiro atoms. The van der Waals surface area contributed by atoms with Gasteiger partial charge in [-0.05, 0) is 48.6 Å². The summed E-state index contributed by atoms with van der Waals surface area (Å²) in [6.45, 7) is 13.2. The van der Waals surface area contributed by atoms with Gasteiger partial charge in [-0.25, -0.2) is 0 Å². The zero-order valence-electron chi connectivity index (χ0n) is 15.7. The maximum Gasteiger partial charge on any atom is 0.0494 e. The molecular weight excluding hydrogens is 302 g/mol. The fourth-order valence-corrected chi connectivity index (χ4v) is 3.71. The van der Waals surface area contributed by atoms with Gasteiger partial charge < -0.3 is 4.98 Å². The highest BCUT2D eigenvalue weighted by Crippen LogP contribution is 2.32. The average Bonchev–Trinajstić information content (AvgIpc) is 2.83. The fourth-order valence-electron chi connectivity index (χ4n) is 3.71. The molecule has 1 N–H and O–H groups in total. The van der Waals surface area contributed by atoms with Crippen LogP contribution in [0.1, 0.15) is 34.1 Å². The van der Waals surface area contributed by atoms with Gasteiger partial charge in [-0.2, -0.15) is 0 Å². The molecule has 0 bridgehead atoms. The Hall–Kier alpha value is -2.54. The Morgan fingerprint density at radius 3 is 2.68 bits per heavy atom. The van der Waals surface area contributed by atoms with Gasteiger partial charge in [0.2, 0.25) is 0 Å². The van der Waals surface area contributed by atoms with E-state index in [1.165, 1.54) is 33.0 Å². The first kappa shape index (κ1) is 17.3. The lowest BCUT2D eigenvalue weighted by atomic mass is 9.85. The molecule has 128 valence electrons. The lowest BCUT2D eigenvalue weighted by Crippen LogP contribution is -2.26. The van der Waals surface area contributed by atoms with Gasteiger partial charge >= 0.3 is 0 Å². The van der Waals surface area contributed by atoms with Gasteiger partial charge in [-0.15, -0.1) is 0 Å². The lowest BCUT2D eigenvalue weighted by molar-refractivity contribution is 0.874. The molecule has 0 radical (unpaired) electrons. The van der Waals surface area contributed by atoms with Gasteiger partial charge in [0.1, 0.15) is 0 Å². The van der Waals surface area contributed by atoms with Crippen molar-refractivity contribution in [2.45, 2.75) is 34.1 Å². The number of para-hydroxylation sites is 1. The van der Waals surface area contributed by atoms with Crippen LogP contribution < -0.4 is 10.6 Å². The lowest BCUT2D eigenvalue weighted by Gasteiger charge is -2.19. The highest BCUT2D eigenvalue weighted by Gasteiger charge is 2.18. The number of fused-ring (bicyclic) bond motifs is 1. The van der Waals surface area contributed by atoms with E-state index in [1.807, 2.05) is 0 Å². The van der Waals surface area contributed by atoms with Crippen LogP contribution in [0.3, 0.4) is 0 Å². The van der Waals surface area contributed by atoms with E-state index < -0.39 is 0 Å². The molecule has 1 aliphatic carbocycles. The molecule has 1 aliphatic rings. The van der Waals surface area contributed by atoms with Crippen molar-refractivity contribution >= 4 is 23.1 Å². The quantitative estimate of drug-likeness (QED) is 0.800. The number of allylic oxidation sites excluding steroid dienone is 8. The van der Waals surface area contributed by atoms with Crippen LogP contribution in [0.15, 0.2) is 71.4 Å². The monoisotopic (exact) mass is 329 g/mol. The molecule has 1 unspecified atom stereocenters. The van der Waals surface area contributed by atoms with E-state index in [4.69, 9.17) is 0 Å². The van der Waals surface area contributed by atoms with Gasteiger partial charge in [0, 0.05) is 27.4 Å². The van der Waals surface area contributed by atoms with Crippen molar-refractivity contribution < 1.29 is 0 Å². The molecule has 1 heteroatoms. The zero-order valence-corrected chi connectivity index (χ0v) is 15.7. The van der Waals surface area contributed by atoms with Crippen molar-refractivity contribution in [3.05, 3.63) is 81.9 Å². The second-order valence-electron chi connectivity index (χ2n) is 6.69. The third kappa shape index (κ3) is 3.07. The number of aromatic nitrogens is 1. The standard InChI is InChI=1S/C24H27N/c1-6-16(3)20-13-9-8-12-17(4)23(20)19(7-2)24-18(5)21-14-10-11-15-22(21)25-24/h6,8-15,17,25H,5,7H2,1-4H3/b16-6+,24-19-. The van der Waals surface area contributed by atoms with Crippen molar-refractivity contribution in [2.24, 2.45) is 5.92 Å². The van der Waals surface area contributed by atoms with Crippen LogP contribution in [0.5, 0.6) is 0 Å². The number of rotatable bonds is 3. The Labute approximate surface area is 150 Å². The van der Waals surface area contributed by atoms with E-state index in [9.17, 15) is 0 Å². The van der Waals surface area contributed by atoms with Crippen LogP contribution in [0.4, 0.5) is 0 Å². The Morgan fingerprint density at radius 1 is 1.24 bits per heavy atom. The molecule has 25 heavy (non-hydrogen) atoms. The first-order valence-electron chi connectivity index (χ1n) is 9.10. The number of H-pyrrole nitrogens is 1. The van der Waals surface area contributed by atoms with Crippen LogP contribution in [0, 0.1) is 5.92 Å². The van der Waals surface area contributed by atoms with Gasteiger partial charge in [0.05, 0.1) is 0 Å². The second kappa shape index (κ2) is 7.14. The summed E-state index contributed by atoms with van der Waals surface area (Å²) in [7, 11) is 0. The maximum atomic E-state index is 4.39. The predicted octanol–water partition coefficient (Wildman–Crippen LogP) is 5.16. The Bertz CT molecular complexity index is 1020. The molecule has 0 saturated heterocycles. The molecule has 0 aliphatic heterocycles. The van der Waals surface area contributed by atoms with Crippen LogP contribution in [-0.4, -0.2) is 4.98 Å². The summed E-state index contributed by atoms with van der Waals surface area (Å²) in [6, 6.07) is 8.42. The molecule has 0 amide bonds. The Morgan fingerprint density at radius 2 is 2.00 bits per heavy atom. The maximum absolute atomic E-state index is 4.39. The van der Waals surface area contributed by atoms with E-state index in [1.54, 1.807) is 0 Å². The topological polar surface area (TPSA) is 15.8 Å². The van der Waals surface area contributed by atoms with Crippen molar-refractivity contribution in [1.82, 2.24) is 4.98 Å². The Balaban J connectivity index is 2.44. The molecular formula is C24H27N. The third-order valence-electron chi connectivity index (χ3n) is 5.17. The minimum Gasteiger partial charge on any atom is -0.354 e. The molecule has 1 aromatic carbocycles. The van der Waals surface area contributed by atoms with Crippen LogP contribution >= 0.6 is 0 Å². The largest absolute Gasteiger partial charge is 0.354 e. The van der Waals surface area contributed by atoms with Crippen molar-refractivity contribution in [2.75, 3.05) is 0 Å². The second-order valence-corrected chi connectivity index (χ2v) is 6.69. The summed E-state index contributed by atoms with van der Waals surface area (Å²) in [4.78, 5) is 3.63. The highest BCUT2D eigenvalue weighted by molar-refractivity contribution is 5.82. The molecule has 3 rings (SSSR count). The summed E-state index contributed by atoms with van der Waals surface area (Å²) < 4.78 is 0. The summed E-state index contributed by atoms with van der Waals surface area (Å²) in [5.41, 5.74) is 6.57. The van der Waals surface area contributed by atoms with Crippen molar-refractivity contribution in [1.29, 1.82) is 0 Å². The van der Waals surface area contributed by atoms with Crippen LogP contribution in [0.2, 0.25) is 0 Å². The first-order valence-corrected chi connectivity index (χ1v) is 9.10. The molecule has 0 fully saturated rings. The molecule has 0 saturated carbocycles. The average molecular weight is 329 g/mol. The summed E-state index contributed by atoms with van der Waals surface area (Å²) >= 11 is 0. The number of benzene rings is 1. The molecule has 1 aromatic heterocycles. The van der Waals surface area contributed by atoms with E-state index in [0.717, 1.165) is 17.2 Å². The smallest absolute Gasteiger partial charge is 0.0494 e. The number of hydrogen-bond acceptors (Lipinski definition) is 0. The fraction of sp³-hybridized carbons (Fsp3) is 0.250. The molecule has 1 atom stereocenters. The van der Waals surface area contributed by atoms with E-state index in [0.29, 0.717) is 5.92 Å². The van der Waals surface area contributed by atoms with Gasteiger partial charge in [-0.1, -0.05) is 69.0 Å². The third-order valence-corrected chi connectivity index (χ3v) is 5.17. The van der Waals surface area contributed by atoms with Gasteiger partial charge in [-0.3, -0.25) is 0 Å². The molecule has 1 heterocycles. The first-order chi connectivity index (χ1) is 12.1. The van der Waals surface area contributed by atoms with Crippen LogP contribution in [-0.2, 0) is 0 Å². The van der Waals surface area contributed by atoms with Crippen LogP contribution in [0.25, 0.3) is 23.1 Å². The summed E-state index contributed by atoms with van der Waals surface area (Å²) in [5, 5.41) is 3.48. The number of hydrogen-bond donors (Lipinski definition) is 1. The molecule has 2 aromatic rings. The van der Waals surface area contributed by atoms with Crippen molar-refractivity contribution in [3.63, 3.8) is 0 Å². The predicted molar refractivity (Wildman–Crippen MR) is 111 cm³/mol. The van der Waals surface area contributed by atoms with Crippen molar-refractivity contribution in [3.8, 4) is 0 Å². The van der Waals surface area contributed by atoms with E-state index in [2.05, 4.69) is 93.9 Å². The Kier molecular flexibility index (Phi) is 4.94.